The van der Waals surface area contributed by atoms with Gasteiger partial charge in [0.25, 0.3) is 0 Å². The maximum absolute atomic E-state index is 12.9. The van der Waals surface area contributed by atoms with Gasteiger partial charge in [0.2, 0.25) is 0 Å². The molecule has 4 nitrogen and oxygen atoms in total. The Bertz CT molecular complexity index is 705. The molecule has 0 aliphatic carbocycles. The van der Waals surface area contributed by atoms with E-state index in [9.17, 15) is 4.39 Å². The van der Waals surface area contributed by atoms with E-state index in [4.69, 9.17) is 4.74 Å². The van der Waals surface area contributed by atoms with Gasteiger partial charge in [-0.1, -0.05) is 24.3 Å². The molecule has 0 radical (unpaired) electrons. The molecule has 0 bridgehead atoms. The normalized spacial score (nSPS) is 10.8. The molecule has 0 aliphatic heterocycles. The third-order valence-electron chi connectivity index (χ3n) is 4.02. The van der Waals surface area contributed by atoms with E-state index in [1.807, 2.05) is 6.92 Å². The molecule has 0 aromatic heterocycles. The number of nitrogens with one attached hydrogen (secondary N) is 2. The van der Waals surface area contributed by atoms with Gasteiger partial charge < -0.3 is 15.4 Å². The third-order valence-corrected chi connectivity index (χ3v) is 4.02. The van der Waals surface area contributed by atoms with Crippen LogP contribution in [0.2, 0.25) is 0 Å². The highest BCUT2D eigenvalue weighted by molar-refractivity contribution is 14.0. The van der Waals surface area contributed by atoms with Crippen LogP contribution in [-0.2, 0) is 12.8 Å². The highest BCUT2D eigenvalue weighted by atomic mass is 127. The molecule has 0 atom stereocenters. The van der Waals surface area contributed by atoms with Gasteiger partial charge >= 0.3 is 0 Å². The lowest BCUT2D eigenvalue weighted by atomic mass is 10.1. The first kappa shape index (κ1) is 22.2. The number of benzene rings is 2. The summed E-state index contributed by atoms with van der Waals surface area (Å²) in [6, 6.07) is 12.8. The van der Waals surface area contributed by atoms with Crippen molar-refractivity contribution in [2.75, 3.05) is 27.2 Å². The van der Waals surface area contributed by atoms with E-state index in [0.717, 1.165) is 48.8 Å². The topological polar surface area (TPSA) is 45.7 Å². The maximum atomic E-state index is 12.9. The van der Waals surface area contributed by atoms with Crippen LogP contribution in [0.25, 0.3) is 0 Å². The first-order valence-corrected chi connectivity index (χ1v) is 8.45. The van der Waals surface area contributed by atoms with Gasteiger partial charge in [-0.2, -0.15) is 0 Å². The Morgan fingerprint density at radius 1 is 1.00 bits per heavy atom. The minimum atomic E-state index is -0.207. The first-order valence-electron chi connectivity index (χ1n) is 8.45. The number of halogens is 2. The third kappa shape index (κ3) is 7.19. The lowest BCUT2D eigenvalue weighted by Crippen LogP contribution is -2.39. The number of aryl methyl sites for hydroxylation is 1. The monoisotopic (exact) mass is 471 g/mol. The van der Waals surface area contributed by atoms with E-state index >= 15 is 0 Å². The Kier molecular flexibility index (Phi) is 10.0. The number of guanidine groups is 1. The van der Waals surface area contributed by atoms with Crippen LogP contribution in [0.5, 0.6) is 5.75 Å². The second-order valence-electron chi connectivity index (χ2n) is 5.86. The summed E-state index contributed by atoms with van der Waals surface area (Å²) in [4.78, 5) is 4.22. The van der Waals surface area contributed by atoms with Crippen LogP contribution in [0, 0.1) is 12.7 Å². The summed E-state index contributed by atoms with van der Waals surface area (Å²) in [6.07, 6.45) is 1.70. The Hall–Kier alpha value is -1.83. The van der Waals surface area contributed by atoms with Gasteiger partial charge in [-0.25, -0.2) is 4.39 Å². The summed E-state index contributed by atoms with van der Waals surface area (Å²) < 4.78 is 18.2. The van der Waals surface area contributed by atoms with E-state index < -0.39 is 0 Å². The Balaban J connectivity index is 0.00000338. The van der Waals surface area contributed by atoms with Gasteiger partial charge in [0, 0.05) is 20.1 Å². The lowest BCUT2D eigenvalue weighted by Gasteiger charge is -2.12. The van der Waals surface area contributed by atoms with Crippen molar-refractivity contribution >= 4 is 29.9 Å². The Morgan fingerprint density at radius 3 is 2.15 bits per heavy atom. The largest absolute Gasteiger partial charge is 0.496 e. The van der Waals surface area contributed by atoms with Crippen molar-refractivity contribution in [1.29, 1.82) is 0 Å². The molecular formula is C20H27FIN3O. The smallest absolute Gasteiger partial charge is 0.190 e. The summed E-state index contributed by atoms with van der Waals surface area (Å²) >= 11 is 0. The average Bonchev–Trinajstić information content (AvgIpc) is 2.63. The molecular weight excluding hydrogens is 444 g/mol. The number of hydrogen-bond acceptors (Lipinski definition) is 2. The van der Waals surface area contributed by atoms with Crippen LogP contribution in [0.15, 0.2) is 47.5 Å². The van der Waals surface area contributed by atoms with Gasteiger partial charge in [-0.3, -0.25) is 4.99 Å². The van der Waals surface area contributed by atoms with E-state index in [-0.39, 0.29) is 29.8 Å². The van der Waals surface area contributed by atoms with Crippen LogP contribution in [0.3, 0.4) is 0 Å². The fourth-order valence-electron chi connectivity index (χ4n) is 2.54. The fourth-order valence-corrected chi connectivity index (χ4v) is 2.54. The predicted octanol–water partition coefficient (Wildman–Crippen LogP) is 3.71. The molecule has 0 amide bonds. The number of methoxy groups -OCH3 is 1. The molecule has 0 aliphatic rings. The molecule has 6 heteroatoms. The maximum Gasteiger partial charge on any atom is 0.190 e. The minimum absolute atomic E-state index is 0. The molecule has 2 N–H and O–H groups in total. The van der Waals surface area contributed by atoms with Gasteiger partial charge in [0.1, 0.15) is 11.6 Å². The Morgan fingerprint density at radius 2 is 1.58 bits per heavy atom. The van der Waals surface area contributed by atoms with Crippen LogP contribution in [-0.4, -0.2) is 33.2 Å². The quantitative estimate of drug-likeness (QED) is 0.368. The van der Waals surface area contributed by atoms with Crippen LogP contribution >= 0.6 is 24.0 Å². The highest BCUT2D eigenvalue weighted by Crippen LogP contribution is 2.18. The van der Waals surface area contributed by atoms with E-state index in [1.165, 1.54) is 17.7 Å². The summed E-state index contributed by atoms with van der Waals surface area (Å²) in [5.41, 5.74) is 3.45. The molecule has 2 rings (SSSR count). The van der Waals surface area contributed by atoms with Crippen molar-refractivity contribution in [1.82, 2.24) is 10.6 Å². The average molecular weight is 471 g/mol. The molecule has 0 spiro atoms. The van der Waals surface area contributed by atoms with Crippen LogP contribution < -0.4 is 15.4 Å². The second-order valence-corrected chi connectivity index (χ2v) is 5.86. The number of aliphatic imine (C=N–C) groups is 1. The summed E-state index contributed by atoms with van der Waals surface area (Å²) in [5.74, 6) is 1.47. The lowest BCUT2D eigenvalue weighted by molar-refractivity contribution is 0.411. The predicted molar refractivity (Wildman–Crippen MR) is 116 cm³/mol. The summed E-state index contributed by atoms with van der Waals surface area (Å²) in [7, 11) is 3.44. The second kappa shape index (κ2) is 11.7. The van der Waals surface area contributed by atoms with Crippen LogP contribution in [0.4, 0.5) is 4.39 Å². The molecule has 142 valence electrons. The van der Waals surface area contributed by atoms with Crippen molar-refractivity contribution in [2.45, 2.75) is 19.8 Å². The number of rotatable bonds is 7. The number of ether oxygens (including phenoxy) is 1. The fraction of sp³-hybridized carbons (Fsp3) is 0.350. The molecule has 2 aromatic rings. The molecule has 0 fully saturated rings. The van der Waals surface area contributed by atoms with Gasteiger partial charge in [-0.15, -0.1) is 24.0 Å². The Labute approximate surface area is 172 Å². The van der Waals surface area contributed by atoms with E-state index in [2.05, 4.69) is 33.8 Å². The molecule has 0 saturated carbocycles. The van der Waals surface area contributed by atoms with E-state index in [1.54, 1.807) is 26.3 Å². The van der Waals surface area contributed by atoms with Crippen molar-refractivity contribution in [2.24, 2.45) is 4.99 Å². The van der Waals surface area contributed by atoms with Crippen molar-refractivity contribution in [3.63, 3.8) is 0 Å². The molecule has 0 unspecified atom stereocenters. The van der Waals surface area contributed by atoms with Crippen molar-refractivity contribution in [3.8, 4) is 5.75 Å². The zero-order valence-electron chi connectivity index (χ0n) is 15.5. The van der Waals surface area contributed by atoms with Crippen molar-refractivity contribution < 1.29 is 9.13 Å². The molecule has 0 heterocycles. The molecule has 2 aromatic carbocycles. The van der Waals surface area contributed by atoms with Crippen molar-refractivity contribution in [3.05, 3.63) is 65.0 Å². The molecule has 0 saturated heterocycles. The molecule has 26 heavy (non-hydrogen) atoms. The minimum Gasteiger partial charge on any atom is -0.496 e. The van der Waals surface area contributed by atoms with Gasteiger partial charge in [0.05, 0.1) is 7.11 Å². The van der Waals surface area contributed by atoms with E-state index in [0.29, 0.717) is 0 Å². The first-order chi connectivity index (χ1) is 12.1. The zero-order chi connectivity index (χ0) is 18.1. The zero-order valence-corrected chi connectivity index (χ0v) is 17.8. The summed E-state index contributed by atoms with van der Waals surface area (Å²) in [6.45, 7) is 3.56. The van der Waals surface area contributed by atoms with Gasteiger partial charge in [-0.05, 0) is 54.7 Å². The number of hydrogen-bond donors (Lipinski definition) is 2. The standard InChI is InChI=1S/C20H26FN3O.HI/c1-15-4-5-17(14-19(15)25-3)11-13-24-20(22-2)23-12-10-16-6-8-18(21)9-7-16;/h4-9,14H,10-13H2,1-3H3,(H2,22,23,24);1H. The SMILES string of the molecule is CN=C(NCCc1ccc(F)cc1)NCCc1ccc(C)c(OC)c1.I. The highest BCUT2D eigenvalue weighted by Gasteiger charge is 2.02. The van der Waals surface area contributed by atoms with Gasteiger partial charge in [0.15, 0.2) is 5.96 Å². The van der Waals surface area contributed by atoms with Crippen LogP contribution in [0.1, 0.15) is 16.7 Å². The summed E-state index contributed by atoms with van der Waals surface area (Å²) in [5, 5.41) is 6.57. The number of nitrogens with zero attached hydrogens (tertiary/aromatic N) is 1.